The number of aromatic nitrogens is 4. The summed E-state index contributed by atoms with van der Waals surface area (Å²) in [5.41, 5.74) is 1.57. The van der Waals surface area contributed by atoms with Crippen molar-refractivity contribution >= 4 is 29.2 Å². The third-order valence-electron chi connectivity index (χ3n) is 6.40. The smallest absolute Gasteiger partial charge is 0.267 e. The van der Waals surface area contributed by atoms with Gasteiger partial charge in [-0.3, -0.25) is 14.4 Å². The molecule has 0 unspecified atom stereocenters. The second-order valence-corrected chi connectivity index (χ2v) is 9.43. The maximum Gasteiger partial charge on any atom is 0.267 e. The van der Waals surface area contributed by atoms with Crippen LogP contribution in [0.25, 0.3) is 16.9 Å². The molecule has 4 heterocycles. The van der Waals surface area contributed by atoms with Crippen LogP contribution in [0.3, 0.4) is 0 Å². The highest BCUT2D eigenvalue weighted by Gasteiger charge is 2.40. The number of methoxy groups -OCH3 is 1. The summed E-state index contributed by atoms with van der Waals surface area (Å²) in [6.07, 6.45) is 2.55. The van der Waals surface area contributed by atoms with Crippen LogP contribution in [0.1, 0.15) is 39.6 Å². The minimum absolute atomic E-state index is 0.0118. The van der Waals surface area contributed by atoms with Gasteiger partial charge in [0, 0.05) is 43.8 Å². The Labute approximate surface area is 231 Å². The molecule has 1 aliphatic heterocycles. The fourth-order valence-corrected chi connectivity index (χ4v) is 4.46. The molecule has 0 saturated carbocycles. The number of alkyl halides is 2. The normalized spacial score (nSPS) is 14.2. The summed E-state index contributed by atoms with van der Waals surface area (Å²) in [6.45, 7) is 0.247. The number of likely N-dealkylation sites (tertiary alicyclic amines) is 1. The van der Waals surface area contributed by atoms with E-state index in [9.17, 15) is 27.6 Å². The van der Waals surface area contributed by atoms with Gasteiger partial charge in [0.2, 0.25) is 11.8 Å². The first-order valence-electron chi connectivity index (χ1n) is 12.4. The first-order chi connectivity index (χ1) is 19.5. The Morgan fingerprint density at radius 3 is 2.63 bits per heavy atom. The average molecular weight is 568 g/mol. The van der Waals surface area contributed by atoms with E-state index in [1.165, 1.54) is 43.1 Å². The Balaban J connectivity index is 1.38. The van der Waals surface area contributed by atoms with E-state index in [0.717, 1.165) is 17.0 Å². The van der Waals surface area contributed by atoms with Crippen molar-refractivity contribution < 1.29 is 32.3 Å². The van der Waals surface area contributed by atoms with Gasteiger partial charge in [0.05, 0.1) is 25.5 Å². The number of ether oxygens (including phenoxy) is 1. The molecule has 1 aliphatic rings. The van der Waals surface area contributed by atoms with Crippen molar-refractivity contribution in [3.05, 3.63) is 71.3 Å². The van der Waals surface area contributed by atoms with Crippen molar-refractivity contribution in [1.29, 1.82) is 0 Å². The molecule has 1 saturated heterocycles. The maximum absolute atomic E-state index is 14.1. The lowest BCUT2D eigenvalue weighted by molar-refractivity contribution is -0.114. The summed E-state index contributed by atoms with van der Waals surface area (Å²) >= 11 is 0. The number of rotatable bonds is 7. The Hall–Kier alpha value is -5.01. The Bertz CT molecular complexity index is 1670. The highest BCUT2D eigenvalue weighted by atomic mass is 19.3. The predicted molar refractivity (Wildman–Crippen MR) is 140 cm³/mol. The number of fused-ring (bicyclic) bond motifs is 1. The van der Waals surface area contributed by atoms with Gasteiger partial charge in [0.1, 0.15) is 11.4 Å². The molecule has 1 aromatic carbocycles. The number of amides is 3. The number of pyridine rings is 1. The van der Waals surface area contributed by atoms with Crippen LogP contribution in [-0.2, 0) is 11.3 Å². The topological polar surface area (TPSA) is 131 Å². The third-order valence-corrected chi connectivity index (χ3v) is 6.40. The number of carbonyl (C=O) groups is 3. The summed E-state index contributed by atoms with van der Waals surface area (Å²) in [5.74, 6) is -4.89. The lowest BCUT2D eigenvalue weighted by atomic mass is 10.1. The van der Waals surface area contributed by atoms with E-state index in [2.05, 4.69) is 25.7 Å². The molecule has 4 aromatic rings. The van der Waals surface area contributed by atoms with E-state index in [1.807, 2.05) is 0 Å². The molecule has 41 heavy (non-hydrogen) atoms. The van der Waals surface area contributed by atoms with Gasteiger partial charge in [-0.25, -0.2) is 27.7 Å². The van der Waals surface area contributed by atoms with Gasteiger partial charge in [-0.05, 0) is 42.0 Å². The average Bonchev–Trinajstić information content (AvgIpc) is 3.51. The second-order valence-electron chi connectivity index (χ2n) is 9.43. The van der Waals surface area contributed by atoms with Gasteiger partial charge in [0.25, 0.3) is 17.7 Å². The van der Waals surface area contributed by atoms with Crippen LogP contribution < -0.4 is 15.4 Å². The van der Waals surface area contributed by atoms with Crippen LogP contribution in [-0.4, -0.2) is 68.3 Å². The SMILES string of the molecule is COc1ncc(-c2ccc3nc(NC(C)=O)cn3n2)cc1C(=O)NCc1cc(F)ccc1C(=O)N1CCC(F)(F)C1. The largest absolute Gasteiger partial charge is 0.480 e. The third kappa shape index (κ3) is 5.95. The Morgan fingerprint density at radius 1 is 1.12 bits per heavy atom. The van der Waals surface area contributed by atoms with Crippen molar-refractivity contribution in [1.82, 2.24) is 29.8 Å². The van der Waals surface area contributed by atoms with Crippen molar-refractivity contribution in [2.45, 2.75) is 25.8 Å². The van der Waals surface area contributed by atoms with Gasteiger partial charge < -0.3 is 20.3 Å². The van der Waals surface area contributed by atoms with Gasteiger partial charge >= 0.3 is 0 Å². The van der Waals surface area contributed by atoms with E-state index in [0.29, 0.717) is 22.7 Å². The van der Waals surface area contributed by atoms with Crippen LogP contribution >= 0.6 is 0 Å². The molecule has 0 spiro atoms. The lowest BCUT2D eigenvalue weighted by Crippen LogP contribution is -2.33. The van der Waals surface area contributed by atoms with E-state index in [1.54, 1.807) is 12.1 Å². The molecule has 3 aromatic heterocycles. The van der Waals surface area contributed by atoms with Crippen LogP contribution in [0.2, 0.25) is 0 Å². The number of nitrogens with one attached hydrogen (secondary N) is 2. The maximum atomic E-state index is 14.1. The summed E-state index contributed by atoms with van der Waals surface area (Å²) in [5, 5.41) is 9.67. The first kappa shape index (κ1) is 27.6. The number of nitrogens with zero attached hydrogens (tertiary/aromatic N) is 5. The number of hydrogen-bond acceptors (Lipinski definition) is 7. The zero-order valence-electron chi connectivity index (χ0n) is 22.0. The van der Waals surface area contributed by atoms with Crippen LogP contribution in [0.5, 0.6) is 5.88 Å². The minimum Gasteiger partial charge on any atom is -0.480 e. The van der Waals surface area contributed by atoms with Gasteiger partial charge in [-0.2, -0.15) is 5.10 Å². The zero-order chi connectivity index (χ0) is 29.3. The molecule has 212 valence electrons. The van der Waals surface area contributed by atoms with E-state index < -0.39 is 36.5 Å². The monoisotopic (exact) mass is 567 g/mol. The molecular formula is C27H24F3N7O4. The van der Waals surface area contributed by atoms with E-state index in [4.69, 9.17) is 4.74 Å². The van der Waals surface area contributed by atoms with Gasteiger partial charge in [-0.1, -0.05) is 0 Å². The number of hydrogen-bond donors (Lipinski definition) is 2. The molecular weight excluding hydrogens is 543 g/mol. The van der Waals surface area contributed by atoms with Crippen molar-refractivity contribution in [2.24, 2.45) is 0 Å². The molecule has 5 rings (SSSR count). The molecule has 2 N–H and O–H groups in total. The van der Waals surface area contributed by atoms with Crippen LogP contribution in [0.4, 0.5) is 19.0 Å². The fraction of sp³-hybridized carbons (Fsp3) is 0.259. The van der Waals surface area contributed by atoms with Crippen LogP contribution in [0, 0.1) is 5.82 Å². The fourth-order valence-electron chi connectivity index (χ4n) is 4.46. The number of anilines is 1. The highest BCUT2D eigenvalue weighted by Crippen LogP contribution is 2.29. The number of halogens is 3. The van der Waals surface area contributed by atoms with Crippen molar-refractivity contribution in [2.75, 3.05) is 25.5 Å². The van der Waals surface area contributed by atoms with Gasteiger partial charge in [-0.15, -0.1) is 0 Å². The molecule has 14 heteroatoms. The summed E-state index contributed by atoms with van der Waals surface area (Å²) in [4.78, 5) is 46.9. The number of imidazole rings is 1. The quantitative estimate of drug-likeness (QED) is 0.350. The summed E-state index contributed by atoms with van der Waals surface area (Å²) in [6, 6.07) is 8.20. The summed E-state index contributed by atoms with van der Waals surface area (Å²) < 4.78 is 48.1. The Morgan fingerprint density at radius 2 is 1.93 bits per heavy atom. The number of benzene rings is 1. The highest BCUT2D eigenvalue weighted by molar-refractivity contribution is 5.98. The molecule has 3 amide bonds. The molecule has 1 fully saturated rings. The van der Waals surface area contributed by atoms with Crippen molar-refractivity contribution in [3.8, 4) is 17.1 Å². The molecule has 0 aliphatic carbocycles. The molecule has 11 nitrogen and oxygen atoms in total. The molecule has 0 bridgehead atoms. The molecule has 0 radical (unpaired) electrons. The summed E-state index contributed by atoms with van der Waals surface area (Å²) in [7, 11) is 1.34. The number of carbonyl (C=O) groups excluding carboxylic acids is 3. The lowest BCUT2D eigenvalue weighted by Gasteiger charge is -2.18. The minimum atomic E-state index is -2.98. The standard InChI is InChI=1S/C27H24F3N7O4/c1-15(38)33-22-13-37-23(34-22)6-5-21(35-37)17-10-20(25(41-2)32-12-17)24(39)31-11-16-9-18(28)3-4-19(16)26(40)36-8-7-27(29,30)14-36/h3-6,9-10,12-13H,7-8,11,14H2,1-2H3,(H,31,39)(H,33,38). The Kier molecular flexibility index (Phi) is 7.30. The first-order valence-corrected chi connectivity index (χ1v) is 12.4. The zero-order valence-corrected chi connectivity index (χ0v) is 22.0. The predicted octanol–water partition coefficient (Wildman–Crippen LogP) is 3.31. The van der Waals surface area contributed by atoms with Crippen molar-refractivity contribution in [3.63, 3.8) is 0 Å². The van der Waals surface area contributed by atoms with E-state index in [-0.39, 0.29) is 41.6 Å². The van der Waals surface area contributed by atoms with Crippen LogP contribution in [0.15, 0.2) is 48.8 Å². The van der Waals surface area contributed by atoms with E-state index >= 15 is 0 Å². The molecule has 0 atom stereocenters. The van der Waals surface area contributed by atoms with Gasteiger partial charge in [0.15, 0.2) is 11.5 Å². The second kappa shape index (κ2) is 10.9.